The monoisotopic (exact) mass is 306 g/mol. The fourth-order valence-electron chi connectivity index (χ4n) is 1.64. The Hall–Kier alpha value is -2.54. The second-order valence-corrected chi connectivity index (χ2v) is 4.89. The number of aryl methyl sites for hydroxylation is 1. The molecule has 0 saturated carbocycles. The largest absolute Gasteiger partial charge is 0.478 e. The predicted molar refractivity (Wildman–Crippen MR) is 77.9 cm³/mol. The molecular formula is C14H11FN2O3S. The van der Waals surface area contributed by atoms with Gasteiger partial charge < -0.3 is 10.4 Å². The van der Waals surface area contributed by atoms with Crippen molar-refractivity contribution in [2.24, 2.45) is 0 Å². The lowest BCUT2D eigenvalue weighted by molar-refractivity contribution is -0.111. The fourth-order valence-corrected chi connectivity index (χ4v) is 2.43. The third-order valence-corrected chi connectivity index (χ3v) is 3.49. The van der Waals surface area contributed by atoms with E-state index in [-0.39, 0.29) is 16.1 Å². The average Bonchev–Trinajstić information content (AvgIpc) is 2.79. The Labute approximate surface area is 123 Å². The Kier molecular flexibility index (Phi) is 4.44. The molecule has 1 amide bonds. The zero-order chi connectivity index (χ0) is 15.4. The second kappa shape index (κ2) is 6.27. The smallest absolute Gasteiger partial charge is 0.340 e. The Morgan fingerprint density at radius 1 is 1.38 bits per heavy atom. The van der Waals surface area contributed by atoms with Crippen molar-refractivity contribution in [3.63, 3.8) is 0 Å². The molecule has 0 bridgehead atoms. The van der Waals surface area contributed by atoms with Crippen LogP contribution in [0.4, 0.5) is 9.39 Å². The molecule has 0 aliphatic heterocycles. The highest BCUT2D eigenvalue weighted by atomic mass is 32.1. The lowest BCUT2D eigenvalue weighted by Gasteiger charge is -2.00. The van der Waals surface area contributed by atoms with Gasteiger partial charge in [-0.3, -0.25) is 4.79 Å². The number of carbonyl (C=O) groups excluding carboxylic acids is 1. The number of rotatable bonds is 4. The first kappa shape index (κ1) is 14.9. The van der Waals surface area contributed by atoms with E-state index in [1.807, 2.05) is 0 Å². The number of halogens is 1. The fraction of sp³-hybridized carbons (Fsp3) is 0.0714. The summed E-state index contributed by atoms with van der Waals surface area (Å²) >= 11 is 0.887. The van der Waals surface area contributed by atoms with Gasteiger partial charge >= 0.3 is 5.97 Å². The molecule has 0 aliphatic rings. The highest BCUT2D eigenvalue weighted by Crippen LogP contribution is 2.24. The van der Waals surface area contributed by atoms with Crippen LogP contribution in [0.15, 0.2) is 30.3 Å². The summed E-state index contributed by atoms with van der Waals surface area (Å²) in [5, 5.41) is 11.6. The highest BCUT2D eigenvalue weighted by molar-refractivity contribution is 7.11. The van der Waals surface area contributed by atoms with Gasteiger partial charge in [0.25, 0.3) is 0 Å². The summed E-state index contributed by atoms with van der Waals surface area (Å²) in [4.78, 5) is 22.8. The minimum absolute atomic E-state index is 0.0346. The molecule has 108 valence electrons. The van der Waals surface area contributed by atoms with E-state index in [1.165, 1.54) is 18.2 Å². The van der Waals surface area contributed by atoms with Gasteiger partial charge in [-0.1, -0.05) is 18.2 Å². The average molecular weight is 306 g/mol. The van der Waals surface area contributed by atoms with Crippen molar-refractivity contribution in [2.75, 3.05) is 5.32 Å². The number of benzene rings is 1. The van der Waals surface area contributed by atoms with Crippen molar-refractivity contribution in [3.05, 3.63) is 53.0 Å². The molecule has 2 N–H and O–H groups in total. The maximum atomic E-state index is 13.4. The molecule has 1 aromatic heterocycles. The first-order chi connectivity index (χ1) is 9.99. The summed E-state index contributed by atoms with van der Waals surface area (Å²) in [7, 11) is 0. The van der Waals surface area contributed by atoms with Crippen LogP contribution in [0.3, 0.4) is 0 Å². The van der Waals surface area contributed by atoms with Crippen LogP contribution >= 0.6 is 11.5 Å². The van der Waals surface area contributed by atoms with Crippen LogP contribution in [-0.2, 0) is 4.79 Å². The number of carboxylic acids is 1. The molecule has 0 saturated heterocycles. The maximum absolute atomic E-state index is 13.4. The van der Waals surface area contributed by atoms with Gasteiger partial charge in [0, 0.05) is 11.6 Å². The topological polar surface area (TPSA) is 79.3 Å². The minimum atomic E-state index is -1.16. The number of nitrogens with one attached hydrogen (secondary N) is 1. The van der Waals surface area contributed by atoms with E-state index in [0.29, 0.717) is 5.69 Å². The number of hydrogen-bond donors (Lipinski definition) is 2. The molecule has 21 heavy (non-hydrogen) atoms. The third kappa shape index (κ3) is 3.51. The van der Waals surface area contributed by atoms with Gasteiger partial charge in [0.2, 0.25) is 5.91 Å². The molecule has 7 heteroatoms. The number of aromatic nitrogens is 1. The van der Waals surface area contributed by atoms with Crippen LogP contribution in [-0.4, -0.2) is 21.4 Å². The van der Waals surface area contributed by atoms with Crippen LogP contribution in [0, 0.1) is 12.7 Å². The van der Waals surface area contributed by atoms with Gasteiger partial charge in [-0.25, -0.2) is 9.18 Å². The second-order valence-electron chi connectivity index (χ2n) is 4.12. The number of anilines is 1. The highest BCUT2D eigenvalue weighted by Gasteiger charge is 2.18. The van der Waals surface area contributed by atoms with Crippen molar-refractivity contribution in [3.8, 4) is 0 Å². The molecule has 0 atom stereocenters. The Balaban J connectivity index is 2.13. The van der Waals surface area contributed by atoms with Gasteiger partial charge in [-0.15, -0.1) is 0 Å². The summed E-state index contributed by atoms with van der Waals surface area (Å²) in [5.41, 5.74) is 0.570. The van der Waals surface area contributed by atoms with E-state index < -0.39 is 17.7 Å². The molecule has 0 fully saturated rings. The quantitative estimate of drug-likeness (QED) is 0.851. The van der Waals surface area contributed by atoms with Gasteiger partial charge in [0.05, 0.1) is 5.69 Å². The van der Waals surface area contributed by atoms with Crippen molar-refractivity contribution < 1.29 is 19.1 Å². The Bertz CT molecular complexity index is 725. The normalized spacial score (nSPS) is 10.8. The van der Waals surface area contributed by atoms with Crippen LogP contribution in [0.25, 0.3) is 6.08 Å². The van der Waals surface area contributed by atoms with E-state index in [0.717, 1.165) is 17.6 Å². The van der Waals surface area contributed by atoms with Crippen molar-refractivity contribution >= 4 is 34.5 Å². The maximum Gasteiger partial charge on any atom is 0.340 e. The van der Waals surface area contributed by atoms with Crippen LogP contribution in [0.2, 0.25) is 0 Å². The van der Waals surface area contributed by atoms with Gasteiger partial charge in [0.1, 0.15) is 16.4 Å². The number of nitrogens with zero attached hydrogens (tertiary/aromatic N) is 1. The molecule has 2 aromatic rings. The van der Waals surface area contributed by atoms with Crippen LogP contribution < -0.4 is 5.32 Å². The molecule has 0 unspecified atom stereocenters. The number of amides is 1. The summed E-state index contributed by atoms with van der Waals surface area (Å²) in [6, 6.07) is 6.01. The first-order valence-corrected chi connectivity index (χ1v) is 6.69. The number of carboxylic acid groups (broad SMARTS) is 1. The van der Waals surface area contributed by atoms with Crippen molar-refractivity contribution in [1.29, 1.82) is 0 Å². The predicted octanol–water partition coefficient (Wildman–Crippen LogP) is 2.94. The Morgan fingerprint density at radius 3 is 2.76 bits per heavy atom. The van der Waals surface area contributed by atoms with E-state index in [9.17, 15) is 14.0 Å². The molecule has 1 heterocycles. The summed E-state index contributed by atoms with van der Waals surface area (Å²) < 4.78 is 17.3. The molecule has 2 rings (SSSR count). The number of carbonyl (C=O) groups is 2. The first-order valence-electron chi connectivity index (χ1n) is 5.92. The zero-order valence-corrected chi connectivity index (χ0v) is 11.8. The minimum Gasteiger partial charge on any atom is -0.478 e. The van der Waals surface area contributed by atoms with Crippen LogP contribution in [0.5, 0.6) is 0 Å². The molecule has 0 aliphatic carbocycles. The third-order valence-electron chi connectivity index (χ3n) is 2.63. The number of aromatic carboxylic acids is 1. The van der Waals surface area contributed by atoms with E-state index >= 15 is 0 Å². The van der Waals surface area contributed by atoms with E-state index in [1.54, 1.807) is 19.1 Å². The van der Waals surface area contributed by atoms with Crippen molar-refractivity contribution in [1.82, 2.24) is 4.37 Å². The van der Waals surface area contributed by atoms with E-state index in [2.05, 4.69) is 9.69 Å². The van der Waals surface area contributed by atoms with Gasteiger partial charge in [-0.2, -0.15) is 4.37 Å². The lowest BCUT2D eigenvalue weighted by Crippen LogP contribution is -2.10. The van der Waals surface area contributed by atoms with Gasteiger partial charge in [-0.05, 0) is 30.6 Å². The summed E-state index contributed by atoms with van der Waals surface area (Å²) in [6.45, 7) is 1.55. The standard InChI is InChI=1S/C14H11FN2O3S/c1-8-12(14(19)20)13(21-17-8)16-11(18)7-6-9-4-2-3-5-10(9)15/h2-7H,1H3,(H,16,18)(H,19,20)/b7-6+. The number of hydrogen-bond acceptors (Lipinski definition) is 4. The molecule has 0 radical (unpaired) electrons. The van der Waals surface area contributed by atoms with Crippen molar-refractivity contribution in [2.45, 2.75) is 6.92 Å². The SMILES string of the molecule is Cc1nsc(NC(=O)/C=C/c2ccccc2F)c1C(=O)O. The lowest BCUT2D eigenvalue weighted by atomic mass is 10.2. The molecule has 1 aromatic carbocycles. The summed E-state index contributed by atoms with van der Waals surface area (Å²) in [5.74, 6) is -2.15. The molecule has 5 nitrogen and oxygen atoms in total. The zero-order valence-electron chi connectivity index (χ0n) is 11.0. The van der Waals surface area contributed by atoms with Gasteiger partial charge in [0.15, 0.2) is 0 Å². The van der Waals surface area contributed by atoms with Crippen LogP contribution in [0.1, 0.15) is 21.6 Å². The summed E-state index contributed by atoms with van der Waals surface area (Å²) in [6.07, 6.45) is 2.46. The molecular weight excluding hydrogens is 295 g/mol. The Morgan fingerprint density at radius 2 is 2.10 bits per heavy atom. The molecule has 0 spiro atoms. The van der Waals surface area contributed by atoms with E-state index in [4.69, 9.17) is 5.11 Å².